The Hall–Kier alpha value is -1.53. The number of hydrogen-bond acceptors (Lipinski definition) is 2. The van der Waals surface area contributed by atoms with Crippen LogP contribution in [0.4, 0.5) is 0 Å². The van der Waals surface area contributed by atoms with Gasteiger partial charge in [0.2, 0.25) is 5.56 Å². The van der Waals surface area contributed by atoms with Crippen molar-refractivity contribution in [1.29, 1.82) is 0 Å². The van der Waals surface area contributed by atoms with Crippen LogP contribution in [0.5, 0.6) is 0 Å². The van der Waals surface area contributed by atoms with Crippen LogP contribution in [0.15, 0.2) is 23.0 Å². The first-order chi connectivity index (χ1) is 5.83. The molecule has 3 heteroatoms. The quantitative estimate of drug-likeness (QED) is 0.574. The molecule has 0 aliphatic rings. The van der Waals surface area contributed by atoms with E-state index < -0.39 is 0 Å². The van der Waals surface area contributed by atoms with Gasteiger partial charge in [-0.3, -0.25) is 4.79 Å². The van der Waals surface area contributed by atoms with Crippen molar-refractivity contribution in [2.75, 3.05) is 6.54 Å². The maximum Gasteiger partial charge on any atom is 0.248 e. The van der Waals surface area contributed by atoms with Crippen LogP contribution < -0.4 is 11.3 Å². The maximum atomic E-state index is 10.8. The lowest BCUT2D eigenvalue weighted by Gasteiger charge is -1.86. The molecular formula is C9H10N2O. The van der Waals surface area contributed by atoms with Crippen molar-refractivity contribution in [2.45, 2.75) is 6.42 Å². The summed E-state index contributed by atoms with van der Waals surface area (Å²) in [5.74, 6) is 5.63. The Bertz CT molecular complexity index is 357. The monoisotopic (exact) mass is 162 g/mol. The Morgan fingerprint density at radius 2 is 2.33 bits per heavy atom. The Labute approximate surface area is 70.6 Å². The molecule has 0 atom stereocenters. The number of nitrogens with one attached hydrogen (secondary N) is 1. The summed E-state index contributed by atoms with van der Waals surface area (Å²) in [7, 11) is 0. The molecule has 12 heavy (non-hydrogen) atoms. The summed E-state index contributed by atoms with van der Waals surface area (Å²) in [5, 5.41) is 0. The highest BCUT2D eigenvalue weighted by Gasteiger charge is 1.84. The van der Waals surface area contributed by atoms with E-state index in [1.54, 1.807) is 12.1 Å². The molecule has 0 spiro atoms. The van der Waals surface area contributed by atoms with Gasteiger partial charge < -0.3 is 10.7 Å². The molecule has 3 nitrogen and oxygen atoms in total. The number of aromatic nitrogens is 1. The van der Waals surface area contributed by atoms with Gasteiger partial charge in [-0.15, -0.1) is 0 Å². The van der Waals surface area contributed by atoms with Gasteiger partial charge in [0.05, 0.1) is 5.69 Å². The van der Waals surface area contributed by atoms with Gasteiger partial charge in [0.1, 0.15) is 0 Å². The van der Waals surface area contributed by atoms with Crippen LogP contribution in [-0.2, 0) is 0 Å². The highest BCUT2D eigenvalue weighted by atomic mass is 16.1. The molecule has 1 rings (SSSR count). The molecule has 0 fully saturated rings. The molecule has 1 aromatic heterocycles. The summed E-state index contributed by atoms with van der Waals surface area (Å²) in [6, 6.07) is 4.88. The van der Waals surface area contributed by atoms with E-state index in [1.807, 2.05) is 0 Å². The molecule has 1 heterocycles. The third-order valence-corrected chi connectivity index (χ3v) is 1.26. The SMILES string of the molecule is NCCC#Cc1cccc(=O)[nH]1. The Morgan fingerprint density at radius 1 is 1.50 bits per heavy atom. The van der Waals surface area contributed by atoms with Crippen molar-refractivity contribution in [1.82, 2.24) is 4.98 Å². The van der Waals surface area contributed by atoms with E-state index in [9.17, 15) is 4.79 Å². The van der Waals surface area contributed by atoms with Crippen molar-refractivity contribution in [3.8, 4) is 11.8 Å². The fourth-order valence-electron chi connectivity index (χ4n) is 0.751. The fourth-order valence-corrected chi connectivity index (χ4v) is 0.751. The minimum atomic E-state index is -0.130. The number of rotatable bonds is 1. The van der Waals surface area contributed by atoms with Crippen LogP contribution in [0.3, 0.4) is 0 Å². The second-order valence-corrected chi connectivity index (χ2v) is 2.27. The van der Waals surface area contributed by atoms with E-state index in [0.717, 1.165) is 0 Å². The second kappa shape index (κ2) is 4.37. The minimum absolute atomic E-state index is 0.130. The summed E-state index contributed by atoms with van der Waals surface area (Å²) in [6.45, 7) is 0.546. The zero-order chi connectivity index (χ0) is 8.81. The van der Waals surface area contributed by atoms with Crippen LogP contribution in [0.25, 0.3) is 0 Å². The van der Waals surface area contributed by atoms with Gasteiger partial charge in [-0.25, -0.2) is 0 Å². The summed E-state index contributed by atoms with van der Waals surface area (Å²) >= 11 is 0. The second-order valence-electron chi connectivity index (χ2n) is 2.27. The number of aromatic amines is 1. The molecule has 0 aromatic carbocycles. The first kappa shape index (κ1) is 8.57. The van der Waals surface area contributed by atoms with E-state index in [4.69, 9.17) is 5.73 Å². The molecule has 62 valence electrons. The molecule has 0 unspecified atom stereocenters. The highest BCUT2D eigenvalue weighted by molar-refractivity contribution is 5.26. The van der Waals surface area contributed by atoms with E-state index in [-0.39, 0.29) is 5.56 Å². The van der Waals surface area contributed by atoms with Crippen molar-refractivity contribution in [2.24, 2.45) is 5.73 Å². The first-order valence-corrected chi connectivity index (χ1v) is 3.71. The summed E-state index contributed by atoms with van der Waals surface area (Å²) in [4.78, 5) is 13.4. The number of hydrogen-bond donors (Lipinski definition) is 2. The van der Waals surface area contributed by atoms with Crippen molar-refractivity contribution >= 4 is 0 Å². The number of nitrogens with two attached hydrogens (primary N) is 1. The van der Waals surface area contributed by atoms with Crippen molar-refractivity contribution in [3.63, 3.8) is 0 Å². The normalized spacial score (nSPS) is 8.75. The van der Waals surface area contributed by atoms with E-state index in [2.05, 4.69) is 16.8 Å². The Kier molecular flexibility index (Phi) is 3.12. The zero-order valence-electron chi connectivity index (χ0n) is 6.63. The first-order valence-electron chi connectivity index (χ1n) is 3.71. The molecule has 0 aliphatic carbocycles. The average molecular weight is 162 g/mol. The smallest absolute Gasteiger partial charge is 0.248 e. The number of H-pyrrole nitrogens is 1. The topological polar surface area (TPSA) is 58.9 Å². The molecular weight excluding hydrogens is 152 g/mol. The summed E-state index contributed by atoms with van der Waals surface area (Å²) in [5.41, 5.74) is 5.75. The molecule has 1 aromatic rings. The van der Waals surface area contributed by atoms with E-state index >= 15 is 0 Å². The third-order valence-electron chi connectivity index (χ3n) is 1.26. The highest BCUT2D eigenvalue weighted by Crippen LogP contribution is 1.85. The predicted molar refractivity (Wildman–Crippen MR) is 47.6 cm³/mol. The van der Waals surface area contributed by atoms with Crippen LogP contribution in [0.1, 0.15) is 12.1 Å². The third kappa shape index (κ3) is 2.60. The van der Waals surface area contributed by atoms with Gasteiger partial charge in [-0.2, -0.15) is 0 Å². The zero-order valence-corrected chi connectivity index (χ0v) is 6.63. The van der Waals surface area contributed by atoms with Gasteiger partial charge >= 0.3 is 0 Å². The van der Waals surface area contributed by atoms with Gasteiger partial charge in [0.15, 0.2) is 0 Å². The molecule has 3 N–H and O–H groups in total. The molecule has 0 saturated heterocycles. The van der Waals surface area contributed by atoms with E-state index in [0.29, 0.717) is 18.7 Å². The Morgan fingerprint density at radius 3 is 3.00 bits per heavy atom. The van der Waals surface area contributed by atoms with Gasteiger partial charge in [-0.1, -0.05) is 12.0 Å². The van der Waals surface area contributed by atoms with E-state index in [1.165, 1.54) is 6.07 Å². The lowest BCUT2D eigenvalue weighted by Crippen LogP contribution is -2.03. The summed E-state index contributed by atoms with van der Waals surface area (Å²) < 4.78 is 0. The fraction of sp³-hybridized carbons (Fsp3) is 0.222. The molecule has 0 radical (unpaired) electrons. The van der Waals surface area contributed by atoms with Gasteiger partial charge in [0, 0.05) is 19.0 Å². The van der Waals surface area contributed by atoms with Crippen molar-refractivity contribution < 1.29 is 0 Å². The summed E-state index contributed by atoms with van der Waals surface area (Å²) in [6.07, 6.45) is 0.650. The molecule has 0 bridgehead atoms. The van der Waals surface area contributed by atoms with Crippen molar-refractivity contribution in [3.05, 3.63) is 34.2 Å². The lowest BCUT2D eigenvalue weighted by molar-refractivity contribution is 1.03. The van der Waals surface area contributed by atoms with Crippen LogP contribution in [0.2, 0.25) is 0 Å². The van der Waals surface area contributed by atoms with Crippen LogP contribution >= 0.6 is 0 Å². The Balaban J connectivity index is 2.78. The predicted octanol–water partition coefficient (Wildman–Crippen LogP) is 0.0752. The maximum absolute atomic E-state index is 10.8. The molecule has 0 amide bonds. The van der Waals surface area contributed by atoms with Gasteiger partial charge in [-0.05, 0) is 12.0 Å². The van der Waals surface area contributed by atoms with Crippen LogP contribution in [-0.4, -0.2) is 11.5 Å². The molecule has 0 saturated carbocycles. The lowest BCUT2D eigenvalue weighted by atomic mass is 10.3. The van der Waals surface area contributed by atoms with Crippen LogP contribution in [0, 0.1) is 11.8 Å². The standard InChI is InChI=1S/C9H10N2O/c10-7-2-1-4-8-5-3-6-9(12)11-8/h3,5-6H,2,7,10H2,(H,11,12). The molecule has 0 aliphatic heterocycles. The number of pyridine rings is 1. The largest absolute Gasteiger partial charge is 0.330 e. The average Bonchev–Trinajstić information content (AvgIpc) is 2.05. The van der Waals surface area contributed by atoms with Gasteiger partial charge in [0.25, 0.3) is 0 Å². The minimum Gasteiger partial charge on any atom is -0.330 e.